The normalized spacial score (nSPS) is 15.3. The molecule has 4 heterocycles. The number of aliphatic hydroxyl groups is 1. The molecule has 3 aromatic carbocycles. The van der Waals surface area contributed by atoms with E-state index in [9.17, 15) is 20.3 Å². The number of fused-ring (bicyclic) bond motifs is 2. The molecule has 0 amide bonds. The molecule has 1 saturated heterocycles. The molecule has 3 aromatic heterocycles. The minimum atomic E-state index is -0.768. The number of anilines is 2. The maximum absolute atomic E-state index is 11.4. The lowest BCUT2D eigenvalue weighted by atomic mass is 9.93. The van der Waals surface area contributed by atoms with E-state index in [1.54, 1.807) is 13.1 Å². The summed E-state index contributed by atoms with van der Waals surface area (Å²) in [6.07, 6.45) is 3.81. The average molecular weight is 682 g/mol. The molecular weight excluding hydrogens is 642 g/mol. The van der Waals surface area contributed by atoms with E-state index in [2.05, 4.69) is 51.7 Å². The van der Waals surface area contributed by atoms with Crippen LogP contribution in [0.3, 0.4) is 0 Å². The highest BCUT2D eigenvalue weighted by Gasteiger charge is 2.28. The molecular formula is C40H39N7O4. The lowest BCUT2D eigenvalue weighted by molar-refractivity contribution is -0.141. The summed E-state index contributed by atoms with van der Waals surface area (Å²) < 4.78 is 6.27. The molecule has 7 rings (SSSR count). The van der Waals surface area contributed by atoms with Gasteiger partial charge in [-0.1, -0.05) is 24.3 Å². The molecule has 0 radical (unpaired) electrons. The van der Waals surface area contributed by atoms with Gasteiger partial charge in [0.1, 0.15) is 17.1 Å². The quantitative estimate of drug-likeness (QED) is 0.115. The van der Waals surface area contributed by atoms with Crippen LogP contribution in [-0.4, -0.2) is 61.8 Å². The Hall–Kier alpha value is -5.67. The molecule has 11 nitrogen and oxygen atoms in total. The highest BCUT2D eigenvalue weighted by molar-refractivity contribution is 5.91. The Balaban J connectivity index is 1.16. The first-order valence-electron chi connectivity index (χ1n) is 17.1. The van der Waals surface area contributed by atoms with E-state index in [4.69, 9.17) is 14.4 Å². The largest absolute Gasteiger partial charge is 0.481 e. The standard InChI is InChI=1S/C40H39N7O4/c1-23(48)18-42-19-27-15-28-10-12-43-38(36(28)44-20-27)45-34-9-5-7-32(25(34)3)31-6-4-8-33(24(31)2)39-46-35-16-26(14-30(17-41)37(35)51-39)21-47-13-11-29(22-47)40(49)50/h4-10,12,14-16,20,23,29,42,48H,11,13,18-19,21-22H2,1-3H3,(H,43,45)(H,49,50)/t23-,29-/m1/s1. The Kier molecular flexibility index (Phi) is 9.47. The first kappa shape index (κ1) is 33.8. The van der Waals surface area contributed by atoms with Gasteiger partial charge in [0.05, 0.1) is 17.6 Å². The summed E-state index contributed by atoms with van der Waals surface area (Å²) in [5, 5.41) is 36.7. The summed E-state index contributed by atoms with van der Waals surface area (Å²) in [5.74, 6) is -0.0414. The van der Waals surface area contributed by atoms with Crippen molar-refractivity contribution in [1.82, 2.24) is 25.2 Å². The van der Waals surface area contributed by atoms with Gasteiger partial charge >= 0.3 is 5.97 Å². The number of aromatic nitrogens is 3. The third-order valence-corrected chi connectivity index (χ3v) is 9.56. The number of carbonyl (C=O) groups is 1. The van der Waals surface area contributed by atoms with Gasteiger partial charge < -0.3 is 25.3 Å². The molecule has 1 aliphatic heterocycles. The highest BCUT2D eigenvalue weighted by atomic mass is 16.4. The summed E-state index contributed by atoms with van der Waals surface area (Å²) >= 11 is 0. The number of likely N-dealkylation sites (tertiary alicyclic amines) is 1. The number of aliphatic hydroxyl groups excluding tert-OH is 1. The Morgan fingerprint density at radius 2 is 1.84 bits per heavy atom. The van der Waals surface area contributed by atoms with Gasteiger partial charge in [-0.2, -0.15) is 5.26 Å². The zero-order valence-electron chi connectivity index (χ0n) is 28.8. The molecule has 0 spiro atoms. The smallest absolute Gasteiger partial charge is 0.307 e. The van der Waals surface area contributed by atoms with Crippen LogP contribution in [0.2, 0.25) is 0 Å². The van der Waals surface area contributed by atoms with Gasteiger partial charge in [0, 0.05) is 55.2 Å². The van der Waals surface area contributed by atoms with Crippen LogP contribution in [0.5, 0.6) is 0 Å². The van der Waals surface area contributed by atoms with Gasteiger partial charge in [0.15, 0.2) is 11.4 Å². The van der Waals surface area contributed by atoms with Crippen LogP contribution in [0, 0.1) is 31.1 Å². The van der Waals surface area contributed by atoms with Gasteiger partial charge in [0.25, 0.3) is 0 Å². The van der Waals surface area contributed by atoms with Crippen LogP contribution in [0.4, 0.5) is 11.5 Å². The number of rotatable bonds is 11. The first-order chi connectivity index (χ1) is 24.7. The third-order valence-electron chi connectivity index (χ3n) is 9.56. The van der Waals surface area contributed by atoms with E-state index < -0.39 is 12.1 Å². The number of nitrogens with zero attached hydrogens (tertiary/aromatic N) is 5. The zero-order chi connectivity index (χ0) is 35.6. The highest BCUT2D eigenvalue weighted by Crippen LogP contribution is 2.38. The molecule has 1 aliphatic rings. The molecule has 258 valence electrons. The summed E-state index contributed by atoms with van der Waals surface area (Å²) in [6.45, 7) is 8.72. The fourth-order valence-corrected chi connectivity index (χ4v) is 6.89. The second kappa shape index (κ2) is 14.3. The van der Waals surface area contributed by atoms with E-state index >= 15 is 0 Å². The number of nitriles is 1. The Morgan fingerprint density at radius 1 is 1.06 bits per heavy atom. The molecule has 51 heavy (non-hydrogen) atoms. The topological polar surface area (TPSA) is 160 Å². The molecule has 6 aromatic rings. The maximum atomic E-state index is 11.4. The predicted octanol–water partition coefficient (Wildman–Crippen LogP) is 6.71. The lowest BCUT2D eigenvalue weighted by Gasteiger charge is -2.16. The summed E-state index contributed by atoms with van der Waals surface area (Å²) in [5.41, 5.74) is 9.95. The molecule has 0 aliphatic carbocycles. The van der Waals surface area contributed by atoms with Crippen LogP contribution < -0.4 is 10.6 Å². The van der Waals surface area contributed by atoms with Crippen molar-refractivity contribution in [3.05, 3.63) is 101 Å². The Morgan fingerprint density at radius 3 is 2.61 bits per heavy atom. The SMILES string of the molecule is Cc1c(Nc2nccc3cc(CNC[C@@H](C)O)cnc23)cccc1-c1cccc(-c2nc3cc(CN4CC[C@@H](C(=O)O)C4)cc(C#N)c3o2)c1C. The van der Waals surface area contributed by atoms with Crippen molar-refractivity contribution in [1.29, 1.82) is 5.26 Å². The van der Waals surface area contributed by atoms with Gasteiger partial charge in [-0.25, -0.2) is 9.97 Å². The predicted molar refractivity (Wildman–Crippen MR) is 196 cm³/mol. The number of benzene rings is 3. The van der Waals surface area contributed by atoms with Crippen molar-refractivity contribution >= 4 is 39.5 Å². The number of aliphatic carboxylic acids is 1. The second-order valence-corrected chi connectivity index (χ2v) is 13.3. The minimum absolute atomic E-state index is 0.366. The van der Waals surface area contributed by atoms with Crippen molar-refractivity contribution in [2.75, 3.05) is 25.0 Å². The zero-order valence-corrected chi connectivity index (χ0v) is 28.8. The van der Waals surface area contributed by atoms with E-state index in [0.717, 1.165) is 55.5 Å². The van der Waals surface area contributed by atoms with Gasteiger partial charge in [-0.05, 0) is 104 Å². The number of nitrogens with one attached hydrogen (secondary N) is 2. The van der Waals surface area contributed by atoms with Crippen LogP contribution in [0.15, 0.2) is 77.5 Å². The van der Waals surface area contributed by atoms with Gasteiger partial charge in [0.2, 0.25) is 5.89 Å². The Labute approximate surface area is 295 Å². The van der Waals surface area contributed by atoms with E-state index in [1.165, 1.54) is 0 Å². The number of hydrogen-bond acceptors (Lipinski definition) is 10. The van der Waals surface area contributed by atoms with Crippen LogP contribution in [0.1, 0.15) is 41.2 Å². The maximum Gasteiger partial charge on any atom is 0.307 e. The van der Waals surface area contributed by atoms with Crippen molar-refractivity contribution in [2.24, 2.45) is 5.92 Å². The number of hydrogen-bond donors (Lipinski definition) is 4. The van der Waals surface area contributed by atoms with Crippen molar-refractivity contribution in [2.45, 2.75) is 46.4 Å². The van der Waals surface area contributed by atoms with Crippen LogP contribution >= 0.6 is 0 Å². The van der Waals surface area contributed by atoms with E-state index in [1.807, 2.05) is 55.6 Å². The fourth-order valence-electron chi connectivity index (χ4n) is 6.89. The molecule has 11 heteroatoms. The summed E-state index contributed by atoms with van der Waals surface area (Å²) in [6, 6.07) is 22.2. The summed E-state index contributed by atoms with van der Waals surface area (Å²) in [4.78, 5) is 27.7. The van der Waals surface area contributed by atoms with Crippen molar-refractivity contribution in [3.8, 4) is 28.7 Å². The van der Waals surface area contributed by atoms with Crippen molar-refractivity contribution in [3.63, 3.8) is 0 Å². The molecule has 1 fully saturated rings. The van der Waals surface area contributed by atoms with Gasteiger partial charge in [-0.3, -0.25) is 14.7 Å². The number of carboxylic acids is 1. The molecule has 2 atom stereocenters. The number of pyridine rings is 2. The second-order valence-electron chi connectivity index (χ2n) is 13.3. The average Bonchev–Trinajstić information content (AvgIpc) is 3.77. The fraction of sp³-hybridized carbons (Fsp3) is 0.275. The molecule has 0 unspecified atom stereocenters. The first-order valence-corrected chi connectivity index (χ1v) is 17.1. The number of oxazole rings is 1. The van der Waals surface area contributed by atoms with E-state index in [0.29, 0.717) is 67.5 Å². The number of carboxylic acid groups (broad SMARTS) is 1. The third kappa shape index (κ3) is 7.03. The molecule has 4 N–H and O–H groups in total. The summed E-state index contributed by atoms with van der Waals surface area (Å²) in [7, 11) is 0. The minimum Gasteiger partial charge on any atom is -0.481 e. The van der Waals surface area contributed by atoms with Gasteiger partial charge in [-0.15, -0.1) is 0 Å². The molecule has 0 bridgehead atoms. The lowest BCUT2D eigenvalue weighted by Crippen LogP contribution is -2.23. The Bertz CT molecular complexity index is 2310. The van der Waals surface area contributed by atoms with Crippen molar-refractivity contribution < 1.29 is 19.4 Å². The molecule has 0 saturated carbocycles. The monoisotopic (exact) mass is 681 g/mol. The van der Waals surface area contributed by atoms with E-state index in [-0.39, 0.29) is 5.92 Å². The van der Waals surface area contributed by atoms with Crippen LogP contribution in [0.25, 0.3) is 44.6 Å². The van der Waals surface area contributed by atoms with Crippen LogP contribution in [-0.2, 0) is 17.9 Å².